The van der Waals surface area contributed by atoms with Crippen molar-refractivity contribution < 1.29 is 14.7 Å². The molecule has 0 aromatic heterocycles. The minimum Gasteiger partial charge on any atom is -0.481 e. The maximum Gasteiger partial charge on any atom is 0.305 e. The van der Waals surface area contributed by atoms with Crippen LogP contribution in [0.5, 0.6) is 0 Å². The Labute approximate surface area is 113 Å². The third-order valence-electron chi connectivity index (χ3n) is 3.52. The molecule has 0 heterocycles. The van der Waals surface area contributed by atoms with Gasteiger partial charge in [0, 0.05) is 6.54 Å². The van der Waals surface area contributed by atoms with Crippen molar-refractivity contribution in [2.24, 2.45) is 0 Å². The van der Waals surface area contributed by atoms with Crippen LogP contribution in [0.15, 0.2) is 6.07 Å². The van der Waals surface area contributed by atoms with Crippen LogP contribution in [0, 0.1) is 27.7 Å². The molecule has 1 aromatic rings. The quantitative estimate of drug-likeness (QED) is 0.854. The van der Waals surface area contributed by atoms with Crippen LogP contribution in [-0.2, 0) is 16.0 Å². The molecular formula is C15H21NO3. The number of carbonyl (C=O) groups is 2. The number of nitrogens with one attached hydrogen (secondary N) is 1. The van der Waals surface area contributed by atoms with E-state index >= 15 is 0 Å². The monoisotopic (exact) mass is 263 g/mol. The summed E-state index contributed by atoms with van der Waals surface area (Å²) in [5, 5.41) is 11.2. The Hall–Kier alpha value is -1.84. The number of carboxylic acids is 1. The summed E-state index contributed by atoms with van der Waals surface area (Å²) in [7, 11) is 0. The van der Waals surface area contributed by atoms with Crippen molar-refractivity contribution in [1.82, 2.24) is 5.32 Å². The van der Waals surface area contributed by atoms with Crippen LogP contribution in [-0.4, -0.2) is 23.5 Å². The molecule has 0 aliphatic carbocycles. The lowest BCUT2D eigenvalue weighted by atomic mass is 9.92. The van der Waals surface area contributed by atoms with Gasteiger partial charge in [-0.1, -0.05) is 6.07 Å². The van der Waals surface area contributed by atoms with Gasteiger partial charge in [0.15, 0.2) is 0 Å². The molecule has 0 saturated heterocycles. The highest BCUT2D eigenvalue weighted by Gasteiger charge is 2.12. The van der Waals surface area contributed by atoms with Gasteiger partial charge in [-0.3, -0.25) is 9.59 Å². The number of hydrogen-bond donors (Lipinski definition) is 2. The van der Waals surface area contributed by atoms with Crippen LogP contribution < -0.4 is 5.32 Å². The van der Waals surface area contributed by atoms with E-state index < -0.39 is 5.97 Å². The van der Waals surface area contributed by atoms with Gasteiger partial charge in [-0.15, -0.1) is 0 Å². The van der Waals surface area contributed by atoms with Gasteiger partial charge in [-0.05, 0) is 55.5 Å². The number of aliphatic carboxylic acids is 1. The maximum atomic E-state index is 11.8. The highest BCUT2D eigenvalue weighted by Crippen LogP contribution is 2.21. The van der Waals surface area contributed by atoms with Crippen molar-refractivity contribution in [2.45, 2.75) is 40.5 Å². The molecule has 0 spiro atoms. The fourth-order valence-electron chi connectivity index (χ4n) is 2.10. The van der Waals surface area contributed by atoms with E-state index in [1.807, 2.05) is 27.7 Å². The number of aryl methyl sites for hydroxylation is 2. The summed E-state index contributed by atoms with van der Waals surface area (Å²) in [6, 6.07) is 2.12. The number of benzene rings is 1. The molecule has 1 aromatic carbocycles. The summed E-state index contributed by atoms with van der Waals surface area (Å²) in [6.07, 6.45) is 0.260. The first-order valence-corrected chi connectivity index (χ1v) is 6.37. The molecule has 4 nitrogen and oxygen atoms in total. The van der Waals surface area contributed by atoms with E-state index in [1.165, 1.54) is 11.1 Å². The van der Waals surface area contributed by atoms with Crippen LogP contribution in [0.4, 0.5) is 0 Å². The van der Waals surface area contributed by atoms with Crippen molar-refractivity contribution in [1.29, 1.82) is 0 Å². The second-order valence-corrected chi connectivity index (χ2v) is 4.91. The Morgan fingerprint density at radius 2 is 1.63 bits per heavy atom. The zero-order valence-corrected chi connectivity index (χ0v) is 12.0. The Morgan fingerprint density at radius 3 is 2.11 bits per heavy atom. The highest BCUT2D eigenvalue weighted by atomic mass is 16.4. The molecule has 104 valence electrons. The SMILES string of the molecule is Cc1cc(C)c(C)c(CC(=O)NCCC(=O)O)c1C. The van der Waals surface area contributed by atoms with E-state index in [9.17, 15) is 9.59 Å². The number of rotatable bonds is 5. The van der Waals surface area contributed by atoms with Crippen molar-refractivity contribution in [2.75, 3.05) is 6.54 Å². The molecule has 4 heteroatoms. The number of amides is 1. The Kier molecular flexibility index (Phi) is 5.10. The number of carboxylic acid groups (broad SMARTS) is 1. The van der Waals surface area contributed by atoms with Crippen LogP contribution in [0.3, 0.4) is 0 Å². The van der Waals surface area contributed by atoms with Crippen molar-refractivity contribution >= 4 is 11.9 Å². The van der Waals surface area contributed by atoms with Gasteiger partial charge in [-0.25, -0.2) is 0 Å². The molecular weight excluding hydrogens is 242 g/mol. The third kappa shape index (κ3) is 4.09. The van der Waals surface area contributed by atoms with Gasteiger partial charge in [0.1, 0.15) is 0 Å². The van der Waals surface area contributed by atoms with Gasteiger partial charge >= 0.3 is 5.97 Å². The van der Waals surface area contributed by atoms with E-state index in [2.05, 4.69) is 11.4 Å². The predicted octanol–water partition coefficient (Wildman–Crippen LogP) is 2.05. The molecule has 0 aliphatic rings. The lowest BCUT2D eigenvalue weighted by Crippen LogP contribution is -2.28. The van der Waals surface area contributed by atoms with Gasteiger partial charge < -0.3 is 10.4 Å². The van der Waals surface area contributed by atoms with E-state index in [0.29, 0.717) is 6.42 Å². The van der Waals surface area contributed by atoms with Gasteiger partial charge in [-0.2, -0.15) is 0 Å². The minimum absolute atomic E-state index is 0.0451. The molecule has 0 atom stereocenters. The van der Waals surface area contributed by atoms with E-state index in [1.54, 1.807) is 0 Å². The van der Waals surface area contributed by atoms with Gasteiger partial charge in [0.2, 0.25) is 5.91 Å². The molecule has 0 fully saturated rings. The number of hydrogen-bond acceptors (Lipinski definition) is 2. The lowest BCUT2D eigenvalue weighted by molar-refractivity contribution is -0.136. The number of carbonyl (C=O) groups excluding carboxylic acids is 1. The Morgan fingerprint density at radius 1 is 1.11 bits per heavy atom. The fourth-order valence-corrected chi connectivity index (χ4v) is 2.10. The average Bonchev–Trinajstić information content (AvgIpc) is 2.32. The second kappa shape index (κ2) is 6.36. The molecule has 0 bridgehead atoms. The highest BCUT2D eigenvalue weighted by molar-refractivity contribution is 5.80. The molecule has 0 unspecified atom stereocenters. The molecule has 0 radical (unpaired) electrons. The topological polar surface area (TPSA) is 66.4 Å². The zero-order valence-electron chi connectivity index (χ0n) is 12.0. The summed E-state index contributed by atoms with van der Waals surface area (Å²) in [5.41, 5.74) is 5.67. The van der Waals surface area contributed by atoms with Crippen LogP contribution in [0.25, 0.3) is 0 Å². The molecule has 1 rings (SSSR count). The average molecular weight is 263 g/mol. The molecule has 1 amide bonds. The summed E-state index contributed by atoms with van der Waals surface area (Å²) >= 11 is 0. The molecule has 19 heavy (non-hydrogen) atoms. The largest absolute Gasteiger partial charge is 0.481 e. The molecule has 2 N–H and O–H groups in total. The van der Waals surface area contributed by atoms with Crippen molar-refractivity contribution in [3.05, 3.63) is 33.9 Å². The Bertz CT molecular complexity index is 480. The fraction of sp³-hybridized carbons (Fsp3) is 0.467. The van der Waals surface area contributed by atoms with E-state index in [4.69, 9.17) is 5.11 Å². The van der Waals surface area contributed by atoms with E-state index in [-0.39, 0.29) is 18.9 Å². The summed E-state index contributed by atoms with van der Waals surface area (Å²) in [6.45, 7) is 8.28. The van der Waals surface area contributed by atoms with Crippen LogP contribution >= 0.6 is 0 Å². The molecule has 0 aliphatic heterocycles. The first-order chi connectivity index (χ1) is 8.82. The normalized spacial score (nSPS) is 10.3. The lowest BCUT2D eigenvalue weighted by Gasteiger charge is -2.15. The summed E-state index contributed by atoms with van der Waals surface area (Å²) in [4.78, 5) is 22.2. The molecule has 0 saturated carbocycles. The summed E-state index contributed by atoms with van der Waals surface area (Å²) < 4.78 is 0. The maximum absolute atomic E-state index is 11.8. The summed E-state index contributed by atoms with van der Waals surface area (Å²) in [5.74, 6) is -1.03. The predicted molar refractivity (Wildman–Crippen MR) is 74.4 cm³/mol. The van der Waals surface area contributed by atoms with Gasteiger partial charge in [0.25, 0.3) is 0 Å². The minimum atomic E-state index is -0.904. The van der Waals surface area contributed by atoms with Gasteiger partial charge in [0.05, 0.1) is 12.8 Å². The third-order valence-corrected chi connectivity index (χ3v) is 3.52. The van der Waals surface area contributed by atoms with Crippen molar-refractivity contribution in [3.8, 4) is 0 Å². The first kappa shape index (κ1) is 15.2. The first-order valence-electron chi connectivity index (χ1n) is 6.37. The van der Waals surface area contributed by atoms with E-state index in [0.717, 1.165) is 16.7 Å². The van der Waals surface area contributed by atoms with Crippen molar-refractivity contribution in [3.63, 3.8) is 0 Å². The smallest absolute Gasteiger partial charge is 0.305 e. The standard InChI is InChI=1S/C15H21NO3/c1-9-7-10(2)12(4)13(11(9)3)8-14(17)16-6-5-15(18)19/h7H,5-6,8H2,1-4H3,(H,16,17)(H,18,19). The van der Waals surface area contributed by atoms with Crippen LogP contribution in [0.1, 0.15) is 34.2 Å². The zero-order chi connectivity index (χ0) is 14.6. The van der Waals surface area contributed by atoms with Crippen LogP contribution in [0.2, 0.25) is 0 Å². The Balaban J connectivity index is 2.77. The second-order valence-electron chi connectivity index (χ2n) is 4.91.